The summed E-state index contributed by atoms with van der Waals surface area (Å²) in [6, 6.07) is 3.17. The maximum atomic E-state index is 11.8. The highest BCUT2D eigenvalue weighted by Crippen LogP contribution is 2.10. The van der Waals surface area contributed by atoms with Crippen LogP contribution in [0.3, 0.4) is 0 Å². The molecule has 1 aliphatic rings. The molecule has 2 rings (SSSR count). The topological polar surface area (TPSA) is 80.2 Å². The van der Waals surface area contributed by atoms with Crippen LogP contribution in [0.1, 0.15) is 12.8 Å². The minimum atomic E-state index is -0.630. The number of carbonyl (C=O) groups excluding carboxylic acids is 2. The molecule has 18 heavy (non-hydrogen) atoms. The fourth-order valence-corrected chi connectivity index (χ4v) is 1.72. The molecular weight excluding hydrogens is 234 g/mol. The fourth-order valence-electron chi connectivity index (χ4n) is 1.72. The highest BCUT2D eigenvalue weighted by atomic mass is 16.2. The number of carbonyl (C=O) groups is 2. The first-order valence-corrected chi connectivity index (χ1v) is 5.55. The summed E-state index contributed by atoms with van der Waals surface area (Å²) in [4.78, 5) is 34.8. The van der Waals surface area contributed by atoms with Crippen molar-refractivity contribution in [2.45, 2.75) is 18.9 Å². The molecule has 0 aromatic carbocycles. The van der Waals surface area contributed by atoms with Crippen LogP contribution in [0.5, 0.6) is 0 Å². The van der Waals surface area contributed by atoms with Gasteiger partial charge in [0.1, 0.15) is 6.04 Å². The molecule has 1 aliphatic heterocycles. The van der Waals surface area contributed by atoms with Gasteiger partial charge in [0.05, 0.1) is 0 Å². The van der Waals surface area contributed by atoms with E-state index >= 15 is 0 Å². The summed E-state index contributed by atoms with van der Waals surface area (Å²) in [6.07, 6.45) is 2.45. The van der Waals surface area contributed by atoms with Crippen LogP contribution in [-0.4, -0.2) is 22.5 Å². The van der Waals surface area contributed by atoms with Gasteiger partial charge in [-0.25, -0.2) is 9.36 Å². The predicted molar refractivity (Wildman–Crippen MR) is 64.9 cm³/mol. The molecule has 0 spiro atoms. The Kier molecular flexibility index (Phi) is 3.27. The molecule has 2 heterocycles. The molecule has 2 N–H and O–H groups in total. The standard InChI is InChI=1S/C12H13N3O3/c1-8-5-6-9(11(17)13-8)14-12(18)15-7-3-2-4-10(15)16/h2-4,7,9H,1,5-6H2,(H,13,17)(H,14,18). The number of pyridine rings is 1. The van der Waals surface area contributed by atoms with Crippen LogP contribution < -0.4 is 16.2 Å². The van der Waals surface area contributed by atoms with Crippen LogP contribution in [0.15, 0.2) is 41.5 Å². The van der Waals surface area contributed by atoms with Gasteiger partial charge < -0.3 is 10.6 Å². The highest BCUT2D eigenvalue weighted by molar-refractivity contribution is 5.89. The number of nitrogens with one attached hydrogen (secondary N) is 2. The van der Waals surface area contributed by atoms with E-state index in [9.17, 15) is 14.4 Å². The van der Waals surface area contributed by atoms with E-state index in [1.54, 1.807) is 12.1 Å². The van der Waals surface area contributed by atoms with Gasteiger partial charge in [-0.2, -0.15) is 0 Å². The van der Waals surface area contributed by atoms with Gasteiger partial charge in [0, 0.05) is 18.0 Å². The molecule has 1 aromatic heterocycles. The predicted octanol–water partition coefficient (Wildman–Crippen LogP) is 0.198. The molecule has 1 saturated heterocycles. The van der Waals surface area contributed by atoms with E-state index in [1.807, 2.05) is 0 Å². The Morgan fingerprint density at radius 2 is 2.22 bits per heavy atom. The van der Waals surface area contributed by atoms with Crippen molar-refractivity contribution in [2.24, 2.45) is 0 Å². The average molecular weight is 247 g/mol. The minimum absolute atomic E-state index is 0.302. The van der Waals surface area contributed by atoms with Crippen LogP contribution in [0, 0.1) is 0 Å². The first-order valence-electron chi connectivity index (χ1n) is 5.55. The second-order valence-corrected chi connectivity index (χ2v) is 4.04. The Balaban J connectivity index is 2.09. The molecule has 2 amide bonds. The maximum Gasteiger partial charge on any atom is 0.329 e. The Bertz CT molecular complexity index is 562. The average Bonchev–Trinajstić information content (AvgIpc) is 2.33. The van der Waals surface area contributed by atoms with Gasteiger partial charge in [-0.05, 0) is 18.9 Å². The molecule has 1 fully saturated rings. The van der Waals surface area contributed by atoms with Crippen molar-refractivity contribution in [3.05, 3.63) is 47.0 Å². The Labute approximate surface area is 103 Å². The van der Waals surface area contributed by atoms with E-state index in [1.165, 1.54) is 12.3 Å². The van der Waals surface area contributed by atoms with Crippen LogP contribution in [0.4, 0.5) is 4.79 Å². The summed E-state index contributed by atoms with van der Waals surface area (Å²) in [5.41, 5.74) is 0.206. The van der Waals surface area contributed by atoms with E-state index in [0.29, 0.717) is 18.5 Å². The third kappa shape index (κ3) is 2.48. The second kappa shape index (κ2) is 4.87. The summed E-state index contributed by atoms with van der Waals surface area (Å²) < 4.78 is 0.927. The number of allylic oxidation sites excluding steroid dienone is 1. The monoisotopic (exact) mass is 247 g/mol. The lowest BCUT2D eigenvalue weighted by Gasteiger charge is -2.24. The largest absolute Gasteiger partial charge is 0.329 e. The summed E-state index contributed by atoms with van der Waals surface area (Å²) >= 11 is 0. The van der Waals surface area contributed by atoms with Crippen molar-refractivity contribution in [1.29, 1.82) is 0 Å². The zero-order chi connectivity index (χ0) is 13.1. The van der Waals surface area contributed by atoms with E-state index in [2.05, 4.69) is 17.2 Å². The van der Waals surface area contributed by atoms with Gasteiger partial charge in [-0.1, -0.05) is 12.6 Å². The molecule has 1 aromatic rings. The Morgan fingerprint density at radius 3 is 2.89 bits per heavy atom. The fraction of sp³-hybridized carbons (Fsp3) is 0.250. The number of hydrogen-bond acceptors (Lipinski definition) is 3. The molecule has 0 saturated carbocycles. The molecule has 0 radical (unpaired) electrons. The molecular formula is C12H13N3O3. The van der Waals surface area contributed by atoms with Gasteiger partial charge in [0.25, 0.3) is 5.56 Å². The summed E-state index contributed by atoms with van der Waals surface area (Å²) in [6.45, 7) is 3.65. The van der Waals surface area contributed by atoms with Gasteiger partial charge >= 0.3 is 6.03 Å². The number of nitrogens with zero attached hydrogens (tertiary/aromatic N) is 1. The van der Waals surface area contributed by atoms with Gasteiger partial charge in [0.15, 0.2) is 0 Å². The molecule has 6 nitrogen and oxygen atoms in total. The first-order chi connectivity index (χ1) is 8.58. The zero-order valence-corrected chi connectivity index (χ0v) is 9.68. The summed E-state index contributed by atoms with van der Waals surface area (Å²) in [5, 5.41) is 5.08. The van der Waals surface area contributed by atoms with Crippen LogP contribution in [0.25, 0.3) is 0 Å². The van der Waals surface area contributed by atoms with Gasteiger partial charge in [-0.15, -0.1) is 0 Å². The van der Waals surface area contributed by atoms with Gasteiger partial charge in [0.2, 0.25) is 5.91 Å². The molecule has 1 unspecified atom stereocenters. The molecule has 6 heteroatoms. The van der Waals surface area contributed by atoms with E-state index in [4.69, 9.17) is 0 Å². The lowest BCUT2D eigenvalue weighted by Crippen LogP contribution is -2.51. The molecule has 1 atom stereocenters. The Morgan fingerprint density at radius 1 is 1.44 bits per heavy atom. The number of amides is 2. The molecule has 0 aliphatic carbocycles. The quantitative estimate of drug-likeness (QED) is 0.743. The van der Waals surface area contributed by atoms with Crippen LogP contribution in [0.2, 0.25) is 0 Å². The number of aromatic nitrogens is 1. The number of hydrogen-bond donors (Lipinski definition) is 2. The number of piperidine rings is 1. The van der Waals surface area contributed by atoms with E-state index in [0.717, 1.165) is 4.57 Å². The number of rotatable bonds is 1. The molecule has 0 bridgehead atoms. The van der Waals surface area contributed by atoms with Crippen molar-refractivity contribution in [1.82, 2.24) is 15.2 Å². The van der Waals surface area contributed by atoms with Crippen molar-refractivity contribution >= 4 is 11.9 Å². The second-order valence-electron chi connectivity index (χ2n) is 4.04. The van der Waals surface area contributed by atoms with Crippen molar-refractivity contribution in [3.63, 3.8) is 0 Å². The third-order valence-corrected chi connectivity index (χ3v) is 2.69. The summed E-state index contributed by atoms with van der Waals surface area (Å²) in [5.74, 6) is -0.302. The van der Waals surface area contributed by atoms with E-state index in [-0.39, 0.29) is 5.91 Å². The van der Waals surface area contributed by atoms with Crippen LogP contribution >= 0.6 is 0 Å². The first kappa shape index (κ1) is 12.1. The van der Waals surface area contributed by atoms with Crippen LogP contribution in [-0.2, 0) is 4.79 Å². The highest BCUT2D eigenvalue weighted by Gasteiger charge is 2.25. The lowest BCUT2D eigenvalue weighted by atomic mass is 10.1. The van der Waals surface area contributed by atoms with Crippen molar-refractivity contribution in [2.75, 3.05) is 0 Å². The SMILES string of the molecule is C=C1CCC(NC(=O)n2ccccc2=O)C(=O)N1. The smallest absolute Gasteiger partial charge is 0.329 e. The van der Waals surface area contributed by atoms with Crippen molar-refractivity contribution < 1.29 is 9.59 Å². The third-order valence-electron chi connectivity index (χ3n) is 2.69. The Hall–Kier alpha value is -2.37. The summed E-state index contributed by atoms with van der Waals surface area (Å²) in [7, 11) is 0. The normalized spacial score (nSPS) is 19.2. The van der Waals surface area contributed by atoms with Crippen molar-refractivity contribution in [3.8, 4) is 0 Å². The lowest BCUT2D eigenvalue weighted by molar-refractivity contribution is -0.123. The maximum absolute atomic E-state index is 11.8. The molecule has 94 valence electrons. The minimum Gasteiger partial charge on any atom is -0.329 e. The van der Waals surface area contributed by atoms with E-state index < -0.39 is 17.6 Å². The zero-order valence-electron chi connectivity index (χ0n) is 9.68. The van der Waals surface area contributed by atoms with Gasteiger partial charge in [-0.3, -0.25) is 9.59 Å².